The van der Waals surface area contributed by atoms with Crippen LogP contribution in [0.4, 0.5) is 28.8 Å². The number of anilines is 5. The molecule has 9 heteroatoms. The van der Waals surface area contributed by atoms with Crippen LogP contribution in [-0.2, 0) is 22.9 Å². The Morgan fingerprint density at radius 1 is 0.941 bits per heavy atom. The van der Waals surface area contributed by atoms with Crippen LogP contribution in [0, 0.1) is 6.92 Å². The van der Waals surface area contributed by atoms with Gasteiger partial charge in [-0.3, -0.25) is 4.72 Å². The summed E-state index contributed by atoms with van der Waals surface area (Å²) < 4.78 is 28.8. The fraction of sp³-hybridized carbons (Fsp3) is 0.120. The second kappa shape index (κ2) is 8.96. The van der Waals surface area contributed by atoms with Gasteiger partial charge in [-0.2, -0.15) is 4.98 Å². The number of sulfonamides is 1. The van der Waals surface area contributed by atoms with Crippen molar-refractivity contribution in [2.24, 2.45) is 0 Å². The van der Waals surface area contributed by atoms with Crippen LogP contribution < -0.4 is 15.4 Å². The molecule has 2 heterocycles. The maximum atomic E-state index is 13.0. The SMILES string of the molecule is Cc1cnc2nc1Nc1ccc(NS(=O)(=O)c3cccc(Cl)c3)c(c1)CCc1cccc(c1)N2. The van der Waals surface area contributed by atoms with E-state index in [1.165, 1.54) is 12.1 Å². The Morgan fingerprint density at radius 2 is 1.76 bits per heavy atom. The number of fused-ring (bicyclic) bond motifs is 6. The van der Waals surface area contributed by atoms with E-state index in [0.29, 0.717) is 28.9 Å². The molecule has 0 saturated heterocycles. The number of aryl methyl sites for hydroxylation is 3. The fourth-order valence-electron chi connectivity index (χ4n) is 3.79. The molecule has 0 saturated carbocycles. The molecule has 0 atom stereocenters. The van der Waals surface area contributed by atoms with Gasteiger partial charge in [-0.05, 0) is 79.4 Å². The minimum absolute atomic E-state index is 0.113. The summed E-state index contributed by atoms with van der Waals surface area (Å²) >= 11 is 6.01. The summed E-state index contributed by atoms with van der Waals surface area (Å²) in [6.45, 7) is 1.93. The zero-order valence-electron chi connectivity index (χ0n) is 18.3. The number of halogens is 1. The van der Waals surface area contributed by atoms with Crippen LogP contribution in [0.15, 0.2) is 77.8 Å². The summed E-state index contributed by atoms with van der Waals surface area (Å²) in [4.78, 5) is 9.11. The third kappa shape index (κ3) is 4.83. The normalized spacial score (nSPS) is 12.9. The maximum absolute atomic E-state index is 13.0. The summed E-state index contributed by atoms with van der Waals surface area (Å²) in [6, 6.07) is 19.8. The van der Waals surface area contributed by atoms with Gasteiger partial charge in [0, 0.05) is 28.2 Å². The Morgan fingerprint density at radius 3 is 2.62 bits per heavy atom. The molecule has 5 rings (SSSR count). The Hall–Kier alpha value is -3.62. The van der Waals surface area contributed by atoms with Gasteiger partial charge in [0.25, 0.3) is 10.0 Å². The van der Waals surface area contributed by atoms with Crippen molar-refractivity contribution < 1.29 is 8.42 Å². The average molecular weight is 492 g/mol. The molecule has 1 aliphatic heterocycles. The largest absolute Gasteiger partial charge is 0.340 e. The van der Waals surface area contributed by atoms with Gasteiger partial charge in [0.2, 0.25) is 5.95 Å². The molecule has 4 aromatic rings. The van der Waals surface area contributed by atoms with Crippen molar-refractivity contribution >= 4 is 50.5 Å². The molecule has 6 bridgehead atoms. The first-order chi connectivity index (χ1) is 16.4. The van der Waals surface area contributed by atoms with E-state index < -0.39 is 10.0 Å². The molecule has 0 aliphatic carbocycles. The monoisotopic (exact) mass is 491 g/mol. The van der Waals surface area contributed by atoms with Crippen molar-refractivity contribution in [1.29, 1.82) is 0 Å². The predicted octanol–water partition coefficient (Wildman–Crippen LogP) is 5.83. The lowest BCUT2D eigenvalue weighted by Gasteiger charge is -2.16. The zero-order valence-corrected chi connectivity index (χ0v) is 19.9. The molecule has 0 radical (unpaired) electrons. The van der Waals surface area contributed by atoms with Crippen LogP contribution in [0.1, 0.15) is 16.7 Å². The van der Waals surface area contributed by atoms with Crippen LogP contribution in [0.2, 0.25) is 5.02 Å². The van der Waals surface area contributed by atoms with Crippen molar-refractivity contribution in [1.82, 2.24) is 9.97 Å². The Kier molecular flexibility index (Phi) is 5.85. The zero-order chi connectivity index (χ0) is 23.7. The van der Waals surface area contributed by atoms with Crippen molar-refractivity contribution in [2.45, 2.75) is 24.7 Å². The molecule has 7 nitrogen and oxygen atoms in total. The first-order valence-corrected chi connectivity index (χ1v) is 12.6. The molecule has 3 aromatic carbocycles. The van der Waals surface area contributed by atoms with E-state index in [9.17, 15) is 8.42 Å². The number of aromatic nitrogens is 2. The van der Waals surface area contributed by atoms with Crippen LogP contribution in [0.25, 0.3) is 0 Å². The van der Waals surface area contributed by atoms with Crippen molar-refractivity contribution in [2.75, 3.05) is 15.4 Å². The first kappa shape index (κ1) is 22.2. The lowest BCUT2D eigenvalue weighted by atomic mass is 10.0. The molecule has 1 aliphatic rings. The van der Waals surface area contributed by atoms with Crippen molar-refractivity contribution in [3.8, 4) is 0 Å². The lowest BCUT2D eigenvalue weighted by molar-refractivity contribution is 0.601. The summed E-state index contributed by atoms with van der Waals surface area (Å²) in [5.41, 5.74) is 5.08. The van der Waals surface area contributed by atoms with Gasteiger partial charge in [-0.1, -0.05) is 29.8 Å². The molecule has 0 spiro atoms. The Balaban J connectivity index is 1.56. The van der Waals surface area contributed by atoms with Gasteiger partial charge in [0.15, 0.2) is 0 Å². The van der Waals surface area contributed by atoms with E-state index in [0.717, 1.165) is 34.5 Å². The van der Waals surface area contributed by atoms with Crippen LogP contribution in [0.3, 0.4) is 0 Å². The topological polar surface area (TPSA) is 96.0 Å². The van der Waals surface area contributed by atoms with Crippen molar-refractivity contribution in [3.05, 3.63) is 94.6 Å². The highest BCUT2D eigenvalue weighted by Crippen LogP contribution is 2.29. The molecule has 0 fully saturated rings. The van der Waals surface area contributed by atoms with Gasteiger partial charge < -0.3 is 10.6 Å². The molecular weight excluding hydrogens is 470 g/mol. The third-order valence-corrected chi connectivity index (χ3v) is 7.15. The first-order valence-electron chi connectivity index (χ1n) is 10.7. The van der Waals surface area contributed by atoms with Gasteiger partial charge in [0.05, 0.1) is 10.6 Å². The molecule has 0 unspecified atom stereocenters. The van der Waals surface area contributed by atoms with E-state index in [2.05, 4.69) is 25.3 Å². The second-order valence-electron chi connectivity index (χ2n) is 8.11. The lowest BCUT2D eigenvalue weighted by Crippen LogP contribution is -2.14. The van der Waals surface area contributed by atoms with E-state index in [1.807, 2.05) is 43.3 Å². The van der Waals surface area contributed by atoms with Crippen molar-refractivity contribution in [3.63, 3.8) is 0 Å². The highest BCUT2D eigenvalue weighted by atomic mass is 35.5. The highest BCUT2D eigenvalue weighted by molar-refractivity contribution is 7.92. The van der Waals surface area contributed by atoms with Gasteiger partial charge in [-0.25, -0.2) is 13.4 Å². The fourth-order valence-corrected chi connectivity index (χ4v) is 5.20. The minimum Gasteiger partial charge on any atom is -0.340 e. The standard InChI is InChI=1S/C25H22ClN5O2S/c1-16-15-27-25-29-20-6-2-4-17(12-20)8-9-18-13-21(28-24(16)30-25)10-11-23(18)31-34(32,33)22-7-3-5-19(26)14-22/h2-7,10-15,31H,8-9H2,1H3,(H2,27,28,29,30). The number of nitrogens with zero attached hydrogens (tertiary/aromatic N) is 2. The molecule has 34 heavy (non-hydrogen) atoms. The predicted molar refractivity (Wildman–Crippen MR) is 136 cm³/mol. The summed E-state index contributed by atoms with van der Waals surface area (Å²) in [5.74, 6) is 1.17. The van der Waals surface area contributed by atoms with E-state index in [-0.39, 0.29) is 4.90 Å². The minimum atomic E-state index is -3.80. The quantitative estimate of drug-likeness (QED) is 0.334. The number of hydrogen-bond acceptors (Lipinski definition) is 6. The third-order valence-electron chi connectivity index (χ3n) is 5.56. The van der Waals surface area contributed by atoms with Gasteiger partial charge in [0.1, 0.15) is 5.82 Å². The number of hydrogen-bond donors (Lipinski definition) is 3. The van der Waals surface area contributed by atoms with Gasteiger partial charge >= 0.3 is 0 Å². The molecule has 1 aromatic heterocycles. The van der Waals surface area contributed by atoms with Crippen LogP contribution in [-0.4, -0.2) is 18.4 Å². The Labute approximate surface area is 203 Å². The summed E-state index contributed by atoms with van der Waals surface area (Å²) in [7, 11) is -3.80. The average Bonchev–Trinajstić information content (AvgIpc) is 2.81. The van der Waals surface area contributed by atoms with E-state index >= 15 is 0 Å². The molecule has 3 N–H and O–H groups in total. The second-order valence-corrected chi connectivity index (χ2v) is 10.2. The van der Waals surface area contributed by atoms with E-state index in [4.69, 9.17) is 11.6 Å². The highest BCUT2D eigenvalue weighted by Gasteiger charge is 2.18. The van der Waals surface area contributed by atoms with Crippen LogP contribution in [0.5, 0.6) is 0 Å². The number of rotatable bonds is 3. The summed E-state index contributed by atoms with van der Waals surface area (Å²) in [5, 5.41) is 6.96. The van der Waals surface area contributed by atoms with E-state index in [1.54, 1.807) is 24.4 Å². The number of benzene rings is 3. The smallest absolute Gasteiger partial charge is 0.261 e. The molecule has 172 valence electrons. The summed E-state index contributed by atoms with van der Waals surface area (Å²) in [6.07, 6.45) is 3.12. The number of nitrogens with one attached hydrogen (secondary N) is 3. The Bertz CT molecular complexity index is 1490. The van der Waals surface area contributed by atoms with Crippen LogP contribution >= 0.6 is 11.6 Å². The molecular formula is C25H22ClN5O2S. The molecule has 0 amide bonds. The van der Waals surface area contributed by atoms with Gasteiger partial charge in [-0.15, -0.1) is 0 Å². The maximum Gasteiger partial charge on any atom is 0.261 e.